The number of carboxylic acids is 1. The quantitative estimate of drug-likeness (QED) is 0.902. The SMILES string of the molecule is CC(C)(c1ccc(C(F)(F)F)cc1)C(N)C(=O)O.Cl. The lowest BCUT2D eigenvalue weighted by molar-refractivity contribution is -0.140. The van der Waals surface area contributed by atoms with Gasteiger partial charge in [-0.1, -0.05) is 26.0 Å². The fraction of sp³-hybridized carbons (Fsp3) is 0.417. The lowest BCUT2D eigenvalue weighted by Crippen LogP contribution is -2.46. The van der Waals surface area contributed by atoms with Crippen LogP contribution < -0.4 is 5.73 Å². The van der Waals surface area contributed by atoms with Gasteiger partial charge in [-0.3, -0.25) is 4.79 Å². The second kappa shape index (κ2) is 5.79. The number of halogens is 4. The summed E-state index contributed by atoms with van der Waals surface area (Å²) in [5.41, 5.74) is 4.26. The smallest absolute Gasteiger partial charge is 0.416 e. The summed E-state index contributed by atoms with van der Waals surface area (Å²) in [4.78, 5) is 10.8. The first-order valence-electron chi connectivity index (χ1n) is 5.23. The van der Waals surface area contributed by atoms with Gasteiger partial charge in [0.2, 0.25) is 0 Å². The first-order chi connectivity index (χ1) is 8.06. The Balaban J connectivity index is 0.00000324. The van der Waals surface area contributed by atoms with Crippen LogP contribution in [-0.4, -0.2) is 17.1 Å². The molecule has 0 aromatic heterocycles. The normalized spacial score (nSPS) is 13.6. The Kier molecular flexibility index (Phi) is 5.41. The summed E-state index contributed by atoms with van der Waals surface area (Å²) < 4.78 is 37.2. The van der Waals surface area contributed by atoms with Gasteiger partial charge in [-0.2, -0.15) is 13.2 Å². The van der Waals surface area contributed by atoms with Crippen LogP contribution in [0.4, 0.5) is 13.2 Å². The molecule has 0 saturated carbocycles. The molecule has 0 heterocycles. The maximum atomic E-state index is 12.4. The standard InChI is InChI=1S/C12H14F3NO2.ClH/c1-11(2,9(16)10(17)18)7-3-5-8(6-4-7)12(13,14)15;/h3-6,9H,16H2,1-2H3,(H,17,18);1H. The highest BCUT2D eigenvalue weighted by Gasteiger charge is 2.35. The minimum absolute atomic E-state index is 0. The Bertz CT molecular complexity index is 443. The van der Waals surface area contributed by atoms with Crippen molar-refractivity contribution in [2.75, 3.05) is 0 Å². The van der Waals surface area contributed by atoms with Gasteiger partial charge in [-0.05, 0) is 17.7 Å². The Hall–Kier alpha value is -1.27. The highest BCUT2D eigenvalue weighted by atomic mass is 35.5. The highest BCUT2D eigenvalue weighted by Crippen LogP contribution is 2.32. The molecule has 0 amide bonds. The molecule has 0 bridgehead atoms. The predicted molar refractivity (Wildman–Crippen MR) is 67.3 cm³/mol. The van der Waals surface area contributed by atoms with Crippen LogP contribution in [0.1, 0.15) is 25.0 Å². The minimum Gasteiger partial charge on any atom is -0.480 e. The van der Waals surface area contributed by atoms with Gasteiger partial charge in [0, 0.05) is 5.41 Å². The monoisotopic (exact) mass is 297 g/mol. The summed E-state index contributed by atoms with van der Waals surface area (Å²) >= 11 is 0. The van der Waals surface area contributed by atoms with E-state index >= 15 is 0 Å². The molecule has 108 valence electrons. The molecule has 1 rings (SSSR count). The number of nitrogens with two attached hydrogens (primary N) is 1. The molecule has 1 unspecified atom stereocenters. The van der Waals surface area contributed by atoms with Crippen LogP contribution in [0, 0.1) is 0 Å². The molecule has 0 spiro atoms. The lowest BCUT2D eigenvalue weighted by Gasteiger charge is -2.29. The lowest BCUT2D eigenvalue weighted by atomic mass is 9.78. The molecule has 7 heteroatoms. The summed E-state index contributed by atoms with van der Waals surface area (Å²) in [7, 11) is 0. The van der Waals surface area contributed by atoms with Crippen LogP contribution in [0.15, 0.2) is 24.3 Å². The number of carbonyl (C=O) groups is 1. The van der Waals surface area contributed by atoms with Gasteiger partial charge in [0.1, 0.15) is 6.04 Å². The van der Waals surface area contributed by atoms with Crippen LogP contribution in [0.5, 0.6) is 0 Å². The van der Waals surface area contributed by atoms with Gasteiger partial charge in [0.15, 0.2) is 0 Å². The molecule has 0 aliphatic rings. The van der Waals surface area contributed by atoms with Gasteiger partial charge in [0.25, 0.3) is 0 Å². The average Bonchev–Trinajstić information content (AvgIpc) is 2.26. The summed E-state index contributed by atoms with van der Waals surface area (Å²) in [6.45, 7) is 3.16. The van der Waals surface area contributed by atoms with Crippen molar-refractivity contribution in [2.24, 2.45) is 5.73 Å². The predicted octanol–water partition coefficient (Wildman–Crippen LogP) is 2.82. The topological polar surface area (TPSA) is 63.3 Å². The molecular weight excluding hydrogens is 283 g/mol. The zero-order valence-electron chi connectivity index (χ0n) is 10.4. The third kappa shape index (κ3) is 3.84. The molecule has 1 aromatic rings. The van der Waals surface area contributed by atoms with Crippen molar-refractivity contribution in [3.8, 4) is 0 Å². The molecular formula is C12H15ClF3NO2. The van der Waals surface area contributed by atoms with E-state index in [1.54, 1.807) is 13.8 Å². The van der Waals surface area contributed by atoms with Gasteiger partial charge in [-0.25, -0.2) is 0 Å². The van der Waals surface area contributed by atoms with Gasteiger partial charge < -0.3 is 10.8 Å². The molecule has 3 N–H and O–H groups in total. The fourth-order valence-corrected chi connectivity index (χ4v) is 1.58. The van der Waals surface area contributed by atoms with Gasteiger partial charge >= 0.3 is 12.1 Å². The summed E-state index contributed by atoms with van der Waals surface area (Å²) in [6.07, 6.45) is -4.41. The van der Waals surface area contributed by atoms with Crippen LogP contribution in [-0.2, 0) is 16.4 Å². The van der Waals surface area contributed by atoms with E-state index in [4.69, 9.17) is 10.8 Å². The number of benzene rings is 1. The number of alkyl halides is 3. The largest absolute Gasteiger partial charge is 0.480 e. The van der Waals surface area contributed by atoms with Crippen molar-refractivity contribution in [1.29, 1.82) is 0 Å². The van der Waals surface area contributed by atoms with Gasteiger partial charge in [-0.15, -0.1) is 12.4 Å². The molecule has 3 nitrogen and oxygen atoms in total. The zero-order valence-corrected chi connectivity index (χ0v) is 11.2. The molecule has 0 aliphatic carbocycles. The second-order valence-corrected chi connectivity index (χ2v) is 4.61. The Morgan fingerprint density at radius 2 is 1.53 bits per heavy atom. The van der Waals surface area contributed by atoms with E-state index in [2.05, 4.69) is 0 Å². The van der Waals surface area contributed by atoms with Crippen molar-refractivity contribution in [2.45, 2.75) is 31.5 Å². The number of aliphatic carboxylic acids is 1. The highest BCUT2D eigenvalue weighted by molar-refractivity contribution is 5.85. The van der Waals surface area contributed by atoms with Crippen molar-refractivity contribution < 1.29 is 23.1 Å². The first kappa shape index (κ1) is 17.7. The third-order valence-electron chi connectivity index (χ3n) is 3.00. The Morgan fingerprint density at radius 3 is 1.84 bits per heavy atom. The molecule has 0 radical (unpaired) electrons. The maximum Gasteiger partial charge on any atom is 0.416 e. The van der Waals surface area contributed by atoms with E-state index < -0.39 is 29.2 Å². The fourth-order valence-electron chi connectivity index (χ4n) is 1.58. The first-order valence-corrected chi connectivity index (χ1v) is 5.23. The number of rotatable bonds is 3. The maximum absolute atomic E-state index is 12.4. The number of hydrogen-bond donors (Lipinski definition) is 2. The number of carboxylic acid groups (broad SMARTS) is 1. The van der Waals surface area contributed by atoms with E-state index in [0.29, 0.717) is 5.56 Å². The molecule has 0 fully saturated rings. The molecule has 0 aliphatic heterocycles. The van der Waals surface area contributed by atoms with Crippen LogP contribution in [0.2, 0.25) is 0 Å². The van der Waals surface area contributed by atoms with E-state index in [0.717, 1.165) is 12.1 Å². The van der Waals surface area contributed by atoms with Crippen molar-refractivity contribution >= 4 is 18.4 Å². The zero-order chi connectivity index (χ0) is 14.1. The summed E-state index contributed by atoms with van der Waals surface area (Å²) in [6, 6.07) is 3.17. The Morgan fingerprint density at radius 1 is 1.16 bits per heavy atom. The number of hydrogen-bond acceptors (Lipinski definition) is 2. The molecule has 1 aromatic carbocycles. The van der Waals surface area contributed by atoms with Crippen LogP contribution in [0.3, 0.4) is 0 Å². The van der Waals surface area contributed by atoms with Gasteiger partial charge in [0.05, 0.1) is 5.56 Å². The summed E-state index contributed by atoms with van der Waals surface area (Å²) in [5, 5.41) is 8.86. The molecule has 19 heavy (non-hydrogen) atoms. The van der Waals surface area contributed by atoms with E-state index in [9.17, 15) is 18.0 Å². The minimum atomic E-state index is -4.41. The van der Waals surface area contributed by atoms with Crippen molar-refractivity contribution in [3.63, 3.8) is 0 Å². The van der Waals surface area contributed by atoms with Crippen molar-refractivity contribution in [1.82, 2.24) is 0 Å². The molecule has 1 atom stereocenters. The second-order valence-electron chi connectivity index (χ2n) is 4.61. The van der Waals surface area contributed by atoms with Crippen LogP contribution in [0.25, 0.3) is 0 Å². The Labute approximate surface area is 115 Å². The van der Waals surface area contributed by atoms with Crippen molar-refractivity contribution in [3.05, 3.63) is 35.4 Å². The average molecular weight is 298 g/mol. The third-order valence-corrected chi connectivity index (χ3v) is 3.00. The molecule has 0 saturated heterocycles. The summed E-state index contributed by atoms with van der Waals surface area (Å²) in [5.74, 6) is -1.19. The van der Waals surface area contributed by atoms with E-state index in [1.165, 1.54) is 12.1 Å². The van der Waals surface area contributed by atoms with E-state index in [-0.39, 0.29) is 12.4 Å². The van der Waals surface area contributed by atoms with E-state index in [1.807, 2.05) is 0 Å². The van der Waals surface area contributed by atoms with Crippen LogP contribution >= 0.6 is 12.4 Å².